The van der Waals surface area contributed by atoms with Crippen LogP contribution in [0.2, 0.25) is 0 Å². The van der Waals surface area contributed by atoms with Crippen LogP contribution in [-0.4, -0.2) is 16.5 Å². The van der Waals surface area contributed by atoms with E-state index in [9.17, 15) is 10.1 Å². The fourth-order valence-electron chi connectivity index (χ4n) is 1.46. The second kappa shape index (κ2) is 6.54. The Morgan fingerprint density at radius 1 is 1.53 bits per heavy atom. The number of aromatic nitrogens is 1. The maximum atomic E-state index is 10.7. The zero-order valence-electron chi connectivity index (χ0n) is 9.99. The first-order valence-electron chi connectivity index (χ1n) is 5.61. The molecule has 94 valence electrons. The van der Waals surface area contributed by atoms with Crippen LogP contribution in [0, 0.1) is 17.0 Å². The molecule has 5 nitrogen and oxygen atoms in total. The monoisotopic (exact) mass is 301 g/mol. The number of pyridine rings is 1. The van der Waals surface area contributed by atoms with Gasteiger partial charge in [-0.3, -0.25) is 10.1 Å². The predicted octanol–water partition coefficient (Wildman–Crippen LogP) is 3.66. The molecule has 0 aliphatic rings. The summed E-state index contributed by atoms with van der Waals surface area (Å²) >= 11 is 3.34. The molecule has 0 saturated heterocycles. The van der Waals surface area contributed by atoms with Crippen LogP contribution in [0.25, 0.3) is 0 Å². The van der Waals surface area contributed by atoms with Gasteiger partial charge in [0.05, 0.1) is 9.40 Å². The number of nitrogens with one attached hydrogen (secondary N) is 1. The fraction of sp³-hybridized carbons (Fsp3) is 0.545. The summed E-state index contributed by atoms with van der Waals surface area (Å²) in [5, 5.41) is 13.9. The molecule has 1 N–H and O–H groups in total. The van der Waals surface area contributed by atoms with Gasteiger partial charge in [-0.2, -0.15) is 0 Å². The molecule has 0 amide bonds. The molecule has 1 rings (SSSR count). The van der Waals surface area contributed by atoms with E-state index in [0.717, 1.165) is 25.8 Å². The average molecular weight is 302 g/mol. The van der Waals surface area contributed by atoms with E-state index < -0.39 is 4.92 Å². The van der Waals surface area contributed by atoms with Crippen molar-refractivity contribution in [1.29, 1.82) is 0 Å². The van der Waals surface area contributed by atoms with Crippen molar-refractivity contribution >= 4 is 27.4 Å². The Labute approximate surface area is 109 Å². The highest BCUT2D eigenvalue weighted by Crippen LogP contribution is 2.30. The van der Waals surface area contributed by atoms with Gasteiger partial charge in [0, 0.05) is 12.1 Å². The van der Waals surface area contributed by atoms with E-state index in [4.69, 9.17) is 0 Å². The van der Waals surface area contributed by atoms with E-state index in [-0.39, 0.29) is 5.69 Å². The van der Waals surface area contributed by atoms with Crippen molar-refractivity contribution in [3.63, 3.8) is 0 Å². The van der Waals surface area contributed by atoms with E-state index >= 15 is 0 Å². The SMILES string of the molecule is CCCCCNc1ncc([N+](=O)[O-])c(C)c1Br. The first-order valence-corrected chi connectivity index (χ1v) is 6.40. The first kappa shape index (κ1) is 13.9. The van der Waals surface area contributed by atoms with Crippen molar-refractivity contribution in [3.8, 4) is 0 Å². The van der Waals surface area contributed by atoms with E-state index in [2.05, 4.69) is 33.2 Å². The third-order valence-electron chi connectivity index (χ3n) is 2.51. The molecular weight excluding hydrogens is 286 g/mol. The Morgan fingerprint density at radius 3 is 2.82 bits per heavy atom. The van der Waals surface area contributed by atoms with Gasteiger partial charge in [-0.1, -0.05) is 19.8 Å². The van der Waals surface area contributed by atoms with E-state index in [1.54, 1.807) is 6.92 Å². The van der Waals surface area contributed by atoms with Crippen LogP contribution >= 0.6 is 15.9 Å². The van der Waals surface area contributed by atoms with Crippen LogP contribution in [0.3, 0.4) is 0 Å². The summed E-state index contributed by atoms with van der Waals surface area (Å²) in [5.41, 5.74) is 0.638. The van der Waals surface area contributed by atoms with Gasteiger partial charge < -0.3 is 5.32 Å². The van der Waals surface area contributed by atoms with E-state index in [0.29, 0.717) is 15.9 Å². The normalized spacial score (nSPS) is 10.3. The quantitative estimate of drug-likeness (QED) is 0.494. The molecule has 0 bridgehead atoms. The Bertz CT molecular complexity index is 410. The predicted molar refractivity (Wildman–Crippen MR) is 71.3 cm³/mol. The van der Waals surface area contributed by atoms with Crippen molar-refractivity contribution in [2.75, 3.05) is 11.9 Å². The van der Waals surface area contributed by atoms with Gasteiger partial charge in [-0.25, -0.2) is 4.98 Å². The molecule has 0 spiro atoms. The molecule has 0 aliphatic heterocycles. The van der Waals surface area contributed by atoms with Crippen LogP contribution in [0.5, 0.6) is 0 Å². The molecular formula is C11H16BrN3O2. The van der Waals surface area contributed by atoms with Gasteiger partial charge in [0.2, 0.25) is 0 Å². The lowest BCUT2D eigenvalue weighted by Crippen LogP contribution is -2.05. The van der Waals surface area contributed by atoms with Gasteiger partial charge >= 0.3 is 0 Å². The number of rotatable bonds is 6. The highest BCUT2D eigenvalue weighted by Gasteiger charge is 2.16. The smallest absolute Gasteiger partial charge is 0.291 e. The number of anilines is 1. The summed E-state index contributed by atoms with van der Waals surface area (Å²) in [7, 11) is 0. The minimum absolute atomic E-state index is 0.0379. The van der Waals surface area contributed by atoms with Gasteiger partial charge in [0.15, 0.2) is 0 Å². The molecule has 0 atom stereocenters. The minimum atomic E-state index is -0.423. The van der Waals surface area contributed by atoms with Crippen LogP contribution in [0.1, 0.15) is 31.7 Å². The summed E-state index contributed by atoms with van der Waals surface area (Å²) in [4.78, 5) is 14.3. The molecule has 0 aromatic carbocycles. The number of hydrogen-bond acceptors (Lipinski definition) is 4. The number of hydrogen-bond donors (Lipinski definition) is 1. The van der Waals surface area contributed by atoms with Crippen molar-refractivity contribution in [2.45, 2.75) is 33.1 Å². The molecule has 0 fully saturated rings. The van der Waals surface area contributed by atoms with Crippen LogP contribution in [0.15, 0.2) is 10.7 Å². The van der Waals surface area contributed by atoms with Gasteiger partial charge in [0.1, 0.15) is 12.0 Å². The van der Waals surface area contributed by atoms with Crippen molar-refractivity contribution in [1.82, 2.24) is 4.98 Å². The maximum Gasteiger partial charge on any atom is 0.291 e. The molecule has 1 aromatic heterocycles. The van der Waals surface area contributed by atoms with Gasteiger partial charge in [-0.05, 0) is 29.3 Å². The largest absolute Gasteiger partial charge is 0.369 e. The summed E-state index contributed by atoms with van der Waals surface area (Å²) < 4.78 is 0.670. The van der Waals surface area contributed by atoms with Gasteiger partial charge in [0.25, 0.3) is 5.69 Å². The summed E-state index contributed by atoms with van der Waals surface area (Å²) in [6.07, 6.45) is 4.69. The zero-order valence-corrected chi connectivity index (χ0v) is 11.6. The Hall–Kier alpha value is -1.17. The highest BCUT2D eigenvalue weighted by molar-refractivity contribution is 9.10. The number of nitro groups is 1. The summed E-state index contributed by atoms with van der Waals surface area (Å²) in [6.45, 7) is 4.68. The van der Waals surface area contributed by atoms with Crippen molar-refractivity contribution in [3.05, 3.63) is 26.3 Å². The molecule has 0 saturated carbocycles. The fourth-order valence-corrected chi connectivity index (χ4v) is 1.90. The molecule has 1 aromatic rings. The first-order chi connectivity index (χ1) is 8.07. The Morgan fingerprint density at radius 2 is 2.24 bits per heavy atom. The summed E-state index contributed by atoms with van der Waals surface area (Å²) in [5.74, 6) is 0.671. The minimum Gasteiger partial charge on any atom is -0.369 e. The second-order valence-corrected chi connectivity index (χ2v) is 4.62. The van der Waals surface area contributed by atoms with Crippen LogP contribution in [-0.2, 0) is 0 Å². The lowest BCUT2D eigenvalue weighted by atomic mass is 10.2. The number of halogens is 1. The molecule has 0 radical (unpaired) electrons. The van der Waals surface area contributed by atoms with Gasteiger partial charge in [-0.15, -0.1) is 0 Å². The lowest BCUT2D eigenvalue weighted by molar-refractivity contribution is -0.385. The van der Waals surface area contributed by atoms with Crippen molar-refractivity contribution < 1.29 is 4.92 Å². The number of unbranched alkanes of at least 4 members (excludes halogenated alkanes) is 2. The van der Waals surface area contributed by atoms with Crippen LogP contribution in [0.4, 0.5) is 11.5 Å². The third-order valence-corrected chi connectivity index (χ3v) is 3.48. The third kappa shape index (κ3) is 3.66. The molecule has 0 aliphatic carbocycles. The summed E-state index contributed by atoms with van der Waals surface area (Å²) in [6, 6.07) is 0. The second-order valence-electron chi connectivity index (χ2n) is 3.82. The molecule has 1 heterocycles. The Kier molecular flexibility index (Phi) is 5.34. The topological polar surface area (TPSA) is 68.1 Å². The molecule has 17 heavy (non-hydrogen) atoms. The van der Waals surface area contributed by atoms with E-state index in [1.165, 1.54) is 6.20 Å². The molecule has 6 heteroatoms. The Balaban J connectivity index is 2.75. The standard InChI is InChI=1S/C11H16BrN3O2/c1-3-4-5-6-13-11-10(12)8(2)9(7-14-11)15(16)17/h7H,3-6H2,1-2H3,(H,13,14). The maximum absolute atomic E-state index is 10.7. The van der Waals surface area contributed by atoms with Crippen molar-refractivity contribution in [2.24, 2.45) is 0 Å². The zero-order chi connectivity index (χ0) is 12.8. The van der Waals surface area contributed by atoms with E-state index in [1.807, 2.05) is 0 Å². The van der Waals surface area contributed by atoms with Crippen LogP contribution < -0.4 is 5.32 Å². The highest BCUT2D eigenvalue weighted by atomic mass is 79.9. The number of nitrogens with zero attached hydrogens (tertiary/aromatic N) is 2. The molecule has 0 unspecified atom stereocenters. The average Bonchev–Trinajstić information content (AvgIpc) is 2.29. The lowest BCUT2D eigenvalue weighted by Gasteiger charge is -2.09.